The highest BCUT2D eigenvalue weighted by molar-refractivity contribution is 6.20. The van der Waals surface area contributed by atoms with Gasteiger partial charge in [-0.15, -0.1) is 0 Å². The van der Waals surface area contributed by atoms with Gasteiger partial charge in [-0.05, 0) is 12.5 Å². The fraction of sp³-hybridized carbons (Fsp3) is 0.167. The molecule has 0 aliphatic carbocycles. The van der Waals surface area contributed by atoms with Crippen molar-refractivity contribution in [2.75, 3.05) is 6.61 Å². The molecule has 0 radical (unpaired) electrons. The van der Waals surface area contributed by atoms with E-state index in [2.05, 4.69) is 16.1 Å². The van der Waals surface area contributed by atoms with Gasteiger partial charge < -0.3 is 10.3 Å². The number of hydrogen-bond acceptors (Lipinski definition) is 2. The van der Waals surface area contributed by atoms with Crippen LogP contribution in [0.4, 0.5) is 0 Å². The zero-order valence-electron chi connectivity index (χ0n) is 9.17. The van der Waals surface area contributed by atoms with Gasteiger partial charge in [0.1, 0.15) is 0 Å². The van der Waals surface area contributed by atoms with E-state index < -0.39 is 5.97 Å². The first kappa shape index (κ1) is 13.8. The summed E-state index contributed by atoms with van der Waals surface area (Å²) in [6.07, 6.45) is 2.53. The molecule has 1 aromatic rings. The lowest BCUT2D eigenvalue weighted by molar-refractivity contribution is -0.138. The number of carbonyl (C=O) groups excluding carboxylic acids is 1. The van der Waals surface area contributed by atoms with Crippen LogP contribution in [-0.4, -0.2) is 23.6 Å². The Kier molecular flexibility index (Phi) is 8.09. The summed E-state index contributed by atoms with van der Waals surface area (Å²) < 4.78 is 4.33. The topological polar surface area (TPSA) is 62.7 Å². The Morgan fingerprint density at radius 3 is 2.50 bits per heavy atom. The maximum atomic E-state index is 10.1. The lowest BCUT2D eigenvalue weighted by Gasteiger charge is -1.86. The molecule has 0 atom stereocenters. The molecule has 0 N–H and O–H groups in total. The summed E-state index contributed by atoms with van der Waals surface area (Å²) in [4.78, 5) is 12.6. The van der Waals surface area contributed by atoms with Crippen LogP contribution in [0.1, 0.15) is 12.5 Å². The maximum absolute atomic E-state index is 10.1. The van der Waals surface area contributed by atoms with Crippen molar-refractivity contribution in [2.24, 2.45) is 0 Å². The quantitative estimate of drug-likeness (QED) is 0.338. The fourth-order valence-corrected chi connectivity index (χ4v) is 0.816. The molecule has 0 aliphatic rings. The zero-order chi connectivity index (χ0) is 12.2. The van der Waals surface area contributed by atoms with Gasteiger partial charge in [0.15, 0.2) is 0 Å². The Balaban J connectivity index is 0.000000281. The molecule has 4 heteroatoms. The number of carbonyl (C=O) groups is 1. The monoisotopic (exact) mass is 218 g/mol. The average molecular weight is 218 g/mol. The van der Waals surface area contributed by atoms with E-state index in [0.29, 0.717) is 12.8 Å². The predicted molar refractivity (Wildman–Crippen MR) is 62.8 cm³/mol. The van der Waals surface area contributed by atoms with E-state index in [9.17, 15) is 4.79 Å². The van der Waals surface area contributed by atoms with Gasteiger partial charge >= 0.3 is 12.2 Å². The molecule has 0 amide bonds. The van der Waals surface area contributed by atoms with Crippen LogP contribution < -0.4 is 0 Å². The van der Waals surface area contributed by atoms with Crippen molar-refractivity contribution in [1.29, 1.82) is 0 Å². The van der Waals surface area contributed by atoms with Crippen LogP contribution >= 0.6 is 0 Å². The van der Waals surface area contributed by atoms with Gasteiger partial charge in [-0.3, -0.25) is 0 Å². The second-order valence-corrected chi connectivity index (χ2v) is 2.61. The summed E-state index contributed by atoms with van der Waals surface area (Å²) in [7, 11) is 0. The van der Waals surface area contributed by atoms with E-state index in [1.165, 1.54) is 5.56 Å². The molecular weight excluding hydrogens is 204 g/mol. The summed E-state index contributed by atoms with van der Waals surface area (Å²) >= 11 is 0. The number of benzene rings is 1. The minimum Gasteiger partial charge on any atom is -0.458 e. The van der Waals surface area contributed by atoms with Gasteiger partial charge in [-0.25, -0.2) is 4.79 Å². The molecule has 0 aliphatic heterocycles. The molecule has 1 aromatic carbocycles. The minimum atomic E-state index is -0.630. The Morgan fingerprint density at radius 1 is 1.50 bits per heavy atom. The van der Waals surface area contributed by atoms with Crippen molar-refractivity contribution >= 4 is 18.3 Å². The third-order valence-corrected chi connectivity index (χ3v) is 1.49. The Labute approximate surface area is 94.8 Å². The fourth-order valence-electron chi connectivity index (χ4n) is 0.816. The summed E-state index contributed by atoms with van der Waals surface area (Å²) in [5.74, 6) is -0.630. The van der Waals surface area contributed by atoms with Crippen molar-refractivity contribution in [3.63, 3.8) is 0 Å². The molecule has 4 nitrogen and oxygen atoms in total. The van der Waals surface area contributed by atoms with Crippen molar-refractivity contribution in [1.82, 2.24) is 0 Å². The molecular formula is C12H14N2O2. The van der Waals surface area contributed by atoms with Gasteiger partial charge in [0.05, 0.1) is 6.61 Å². The zero-order valence-corrected chi connectivity index (χ0v) is 9.17. The summed E-state index contributed by atoms with van der Waals surface area (Å²) in [6, 6.07) is 10.0. The second-order valence-electron chi connectivity index (χ2n) is 2.61. The van der Waals surface area contributed by atoms with Crippen LogP contribution in [0.15, 0.2) is 36.9 Å². The van der Waals surface area contributed by atoms with Crippen molar-refractivity contribution in [3.05, 3.63) is 48.0 Å². The molecule has 16 heavy (non-hydrogen) atoms. The van der Waals surface area contributed by atoms with Crippen molar-refractivity contribution < 1.29 is 14.3 Å². The SMILES string of the molecule is C=Cc1ccccc1.CCOC(=O)C=[N+]=[N-]. The third-order valence-electron chi connectivity index (χ3n) is 1.49. The first-order chi connectivity index (χ1) is 7.74. The van der Waals surface area contributed by atoms with E-state index in [-0.39, 0.29) is 0 Å². The van der Waals surface area contributed by atoms with E-state index >= 15 is 0 Å². The van der Waals surface area contributed by atoms with Gasteiger partial charge in [0.25, 0.3) is 0 Å². The van der Waals surface area contributed by atoms with E-state index in [4.69, 9.17) is 5.53 Å². The number of esters is 1. The highest BCUT2D eigenvalue weighted by Gasteiger charge is 1.97. The van der Waals surface area contributed by atoms with Crippen LogP contribution in [-0.2, 0) is 9.53 Å². The predicted octanol–water partition coefficient (Wildman–Crippen LogP) is 2.18. The van der Waals surface area contributed by atoms with E-state index in [0.717, 1.165) is 0 Å². The van der Waals surface area contributed by atoms with Crippen LogP contribution in [0.3, 0.4) is 0 Å². The highest BCUT2D eigenvalue weighted by Crippen LogP contribution is 1.97. The molecule has 0 fully saturated rings. The first-order valence-corrected chi connectivity index (χ1v) is 4.76. The molecule has 0 unspecified atom stereocenters. The second kappa shape index (κ2) is 9.37. The average Bonchev–Trinajstić information content (AvgIpc) is 2.32. The minimum absolute atomic E-state index is 0.296. The highest BCUT2D eigenvalue weighted by atomic mass is 16.5. The van der Waals surface area contributed by atoms with Crippen LogP contribution in [0.2, 0.25) is 0 Å². The van der Waals surface area contributed by atoms with E-state index in [1.54, 1.807) is 6.92 Å². The van der Waals surface area contributed by atoms with Crippen LogP contribution in [0, 0.1) is 0 Å². The summed E-state index contributed by atoms with van der Waals surface area (Å²) in [5.41, 5.74) is 8.91. The Bertz CT molecular complexity index is 368. The normalized spacial score (nSPS) is 7.81. The molecule has 0 saturated carbocycles. The van der Waals surface area contributed by atoms with Crippen LogP contribution in [0.5, 0.6) is 0 Å². The summed E-state index contributed by atoms with van der Waals surface area (Å²) in [6.45, 7) is 5.60. The molecule has 0 spiro atoms. The van der Waals surface area contributed by atoms with Crippen molar-refractivity contribution in [3.8, 4) is 0 Å². The lowest BCUT2D eigenvalue weighted by atomic mass is 10.2. The smallest absolute Gasteiger partial charge is 0.413 e. The molecule has 84 valence electrons. The molecule has 0 bridgehead atoms. The standard InChI is InChI=1S/C8H8.C4H6N2O2/c1-2-8-6-4-3-5-7-8;1-2-8-4(7)3-6-5/h2-7H,1H2;3H,2H2,1H3. The molecule has 0 saturated heterocycles. The first-order valence-electron chi connectivity index (χ1n) is 4.76. The number of hydrogen-bond donors (Lipinski definition) is 0. The van der Waals surface area contributed by atoms with Gasteiger partial charge in [-0.2, -0.15) is 4.79 Å². The largest absolute Gasteiger partial charge is 0.458 e. The van der Waals surface area contributed by atoms with Gasteiger partial charge in [-0.1, -0.05) is 43.0 Å². The Morgan fingerprint density at radius 2 is 2.12 bits per heavy atom. The summed E-state index contributed by atoms with van der Waals surface area (Å²) in [5, 5.41) is 0. The molecule has 0 aromatic heterocycles. The Hall–Kier alpha value is -2.19. The van der Waals surface area contributed by atoms with Crippen LogP contribution in [0.25, 0.3) is 11.6 Å². The van der Waals surface area contributed by atoms with Gasteiger partial charge in [0.2, 0.25) is 0 Å². The molecule has 1 rings (SSSR count). The number of nitrogens with zero attached hydrogens (tertiary/aromatic N) is 2. The van der Waals surface area contributed by atoms with Gasteiger partial charge in [0, 0.05) is 0 Å². The lowest BCUT2D eigenvalue weighted by Crippen LogP contribution is -2.04. The third kappa shape index (κ3) is 7.24. The van der Waals surface area contributed by atoms with Crippen molar-refractivity contribution in [2.45, 2.75) is 6.92 Å². The number of rotatable bonds is 3. The molecule has 0 heterocycles. The number of ether oxygens (including phenoxy) is 1. The van der Waals surface area contributed by atoms with E-state index in [1.807, 2.05) is 36.4 Å². The maximum Gasteiger partial charge on any atom is 0.413 e.